The van der Waals surface area contributed by atoms with Crippen molar-refractivity contribution in [3.63, 3.8) is 0 Å². The van der Waals surface area contributed by atoms with Gasteiger partial charge in [-0.25, -0.2) is 4.98 Å². The third-order valence-corrected chi connectivity index (χ3v) is 4.47. The van der Waals surface area contributed by atoms with E-state index >= 15 is 0 Å². The van der Waals surface area contributed by atoms with Gasteiger partial charge in [-0.3, -0.25) is 15.2 Å². The highest BCUT2D eigenvalue weighted by Crippen LogP contribution is 2.31. The van der Waals surface area contributed by atoms with Crippen LogP contribution < -0.4 is 4.74 Å². The van der Waals surface area contributed by atoms with Crippen LogP contribution in [0.2, 0.25) is 0 Å². The number of pyridine rings is 1. The SMILES string of the molecule is c1cncc(COc2cccc(-c3n[nH]c4ccc(-c5nc[nH]n5)cc34)c2)c1. The molecule has 7 nitrogen and oxygen atoms in total. The van der Waals surface area contributed by atoms with Gasteiger partial charge < -0.3 is 4.74 Å². The second kappa shape index (κ2) is 6.96. The maximum Gasteiger partial charge on any atom is 0.180 e. The topological polar surface area (TPSA) is 92.4 Å². The zero-order valence-corrected chi connectivity index (χ0v) is 14.8. The minimum Gasteiger partial charge on any atom is -0.489 e. The van der Waals surface area contributed by atoms with Gasteiger partial charge in [-0.15, -0.1) is 0 Å². The Balaban J connectivity index is 1.47. The normalized spacial score (nSPS) is 11.0. The third-order valence-electron chi connectivity index (χ3n) is 4.47. The van der Waals surface area contributed by atoms with Gasteiger partial charge in [-0.05, 0) is 36.4 Å². The molecule has 0 aliphatic rings. The van der Waals surface area contributed by atoms with Crippen LogP contribution in [0.1, 0.15) is 5.56 Å². The van der Waals surface area contributed by atoms with Gasteiger partial charge in [0.1, 0.15) is 24.4 Å². The van der Waals surface area contributed by atoms with Crippen molar-refractivity contribution in [3.8, 4) is 28.4 Å². The Kier molecular flexibility index (Phi) is 4.02. The molecule has 0 unspecified atom stereocenters. The Morgan fingerprint density at radius 1 is 0.929 bits per heavy atom. The van der Waals surface area contributed by atoms with Gasteiger partial charge in [0.15, 0.2) is 5.82 Å². The zero-order valence-electron chi connectivity index (χ0n) is 14.8. The van der Waals surface area contributed by atoms with E-state index in [2.05, 4.69) is 30.4 Å². The summed E-state index contributed by atoms with van der Waals surface area (Å²) in [6.07, 6.45) is 5.12. The van der Waals surface area contributed by atoms with Crippen molar-refractivity contribution in [1.29, 1.82) is 0 Å². The molecule has 0 bridgehead atoms. The van der Waals surface area contributed by atoms with Crippen molar-refractivity contribution in [1.82, 2.24) is 30.4 Å². The van der Waals surface area contributed by atoms with Crippen molar-refractivity contribution >= 4 is 10.9 Å². The fourth-order valence-electron chi connectivity index (χ4n) is 3.10. The number of hydrogen-bond acceptors (Lipinski definition) is 5. The summed E-state index contributed by atoms with van der Waals surface area (Å²) < 4.78 is 5.92. The van der Waals surface area contributed by atoms with E-state index in [4.69, 9.17) is 4.74 Å². The molecule has 0 fully saturated rings. The van der Waals surface area contributed by atoms with Crippen LogP contribution in [0.25, 0.3) is 33.5 Å². The molecule has 5 rings (SSSR count). The summed E-state index contributed by atoms with van der Waals surface area (Å²) in [6.45, 7) is 0.466. The summed E-state index contributed by atoms with van der Waals surface area (Å²) in [5.74, 6) is 1.44. The highest BCUT2D eigenvalue weighted by Gasteiger charge is 2.12. The van der Waals surface area contributed by atoms with Crippen LogP contribution in [0.15, 0.2) is 73.3 Å². The predicted molar refractivity (Wildman–Crippen MR) is 105 cm³/mol. The van der Waals surface area contributed by atoms with E-state index < -0.39 is 0 Å². The standard InChI is InChI=1S/C21H16N6O/c1-4-15(9-17(5-1)28-12-14-3-2-8-22-11-14)20-18-10-16(21-23-13-24-27-21)6-7-19(18)25-26-20/h1-11,13H,12H2,(H,25,26)(H,23,24,27). The molecule has 7 heteroatoms. The lowest BCUT2D eigenvalue weighted by atomic mass is 10.1. The molecular formula is C21H16N6O. The molecule has 0 atom stereocenters. The number of nitrogens with zero attached hydrogens (tertiary/aromatic N) is 4. The number of aromatic nitrogens is 6. The second-order valence-electron chi connectivity index (χ2n) is 6.33. The Labute approximate surface area is 160 Å². The molecule has 0 amide bonds. The van der Waals surface area contributed by atoms with Gasteiger partial charge in [0.05, 0.1) is 5.52 Å². The minimum atomic E-state index is 0.466. The quantitative estimate of drug-likeness (QED) is 0.489. The Morgan fingerprint density at radius 3 is 2.79 bits per heavy atom. The number of rotatable bonds is 5. The lowest BCUT2D eigenvalue weighted by Gasteiger charge is -2.07. The van der Waals surface area contributed by atoms with Crippen molar-refractivity contribution in [3.05, 3.63) is 78.9 Å². The number of hydrogen-bond donors (Lipinski definition) is 2. The molecular weight excluding hydrogens is 352 g/mol. The molecule has 0 radical (unpaired) electrons. The highest BCUT2D eigenvalue weighted by atomic mass is 16.5. The van der Waals surface area contributed by atoms with E-state index in [1.807, 2.05) is 54.6 Å². The van der Waals surface area contributed by atoms with Crippen molar-refractivity contribution in [2.75, 3.05) is 0 Å². The van der Waals surface area contributed by atoms with Gasteiger partial charge >= 0.3 is 0 Å². The van der Waals surface area contributed by atoms with Crippen molar-refractivity contribution < 1.29 is 4.74 Å². The minimum absolute atomic E-state index is 0.466. The molecule has 136 valence electrons. The summed E-state index contributed by atoms with van der Waals surface area (Å²) in [6, 6.07) is 17.8. The highest BCUT2D eigenvalue weighted by molar-refractivity contribution is 5.95. The first-order chi connectivity index (χ1) is 13.9. The van der Waals surface area contributed by atoms with Crippen LogP contribution in [0, 0.1) is 0 Å². The summed E-state index contributed by atoms with van der Waals surface area (Å²) in [5.41, 5.74) is 4.74. The number of ether oxygens (including phenoxy) is 1. The van der Waals surface area contributed by atoms with E-state index in [1.165, 1.54) is 0 Å². The van der Waals surface area contributed by atoms with Crippen LogP contribution in [-0.4, -0.2) is 30.4 Å². The zero-order chi connectivity index (χ0) is 18.8. The lowest BCUT2D eigenvalue weighted by Crippen LogP contribution is -1.95. The Hall–Kier alpha value is -4.00. The maximum absolute atomic E-state index is 5.92. The van der Waals surface area contributed by atoms with Gasteiger partial charge in [0, 0.05) is 34.5 Å². The van der Waals surface area contributed by atoms with E-state index in [0.29, 0.717) is 12.4 Å². The first kappa shape index (κ1) is 16.2. The fraction of sp³-hybridized carbons (Fsp3) is 0.0476. The van der Waals surface area contributed by atoms with E-state index in [-0.39, 0.29) is 0 Å². The number of H-pyrrole nitrogens is 2. The smallest absolute Gasteiger partial charge is 0.180 e. The molecule has 28 heavy (non-hydrogen) atoms. The van der Waals surface area contributed by atoms with Crippen LogP contribution >= 0.6 is 0 Å². The molecule has 0 aliphatic heterocycles. The number of fused-ring (bicyclic) bond motifs is 1. The molecule has 3 aromatic heterocycles. The van der Waals surface area contributed by atoms with E-state index in [1.54, 1.807) is 18.7 Å². The molecule has 3 heterocycles. The third kappa shape index (κ3) is 3.09. The Morgan fingerprint density at radius 2 is 1.93 bits per heavy atom. The molecule has 2 aromatic carbocycles. The molecule has 5 aromatic rings. The van der Waals surface area contributed by atoms with Crippen LogP contribution in [0.5, 0.6) is 5.75 Å². The van der Waals surface area contributed by atoms with Crippen molar-refractivity contribution in [2.45, 2.75) is 6.61 Å². The molecule has 0 spiro atoms. The number of aromatic amines is 2. The Bertz CT molecular complexity index is 1210. The van der Waals surface area contributed by atoms with Crippen molar-refractivity contribution in [2.24, 2.45) is 0 Å². The summed E-state index contributed by atoms with van der Waals surface area (Å²) in [5, 5.41) is 15.5. The molecule has 0 saturated heterocycles. The number of benzene rings is 2. The van der Waals surface area contributed by atoms with Crippen LogP contribution in [0.3, 0.4) is 0 Å². The van der Waals surface area contributed by atoms with Crippen LogP contribution in [-0.2, 0) is 6.61 Å². The predicted octanol–water partition coefficient (Wildman–Crippen LogP) is 3.99. The largest absolute Gasteiger partial charge is 0.489 e. The summed E-state index contributed by atoms with van der Waals surface area (Å²) >= 11 is 0. The monoisotopic (exact) mass is 368 g/mol. The first-order valence-electron chi connectivity index (χ1n) is 8.83. The van der Waals surface area contributed by atoms with Gasteiger partial charge in [0.25, 0.3) is 0 Å². The summed E-state index contributed by atoms with van der Waals surface area (Å²) in [7, 11) is 0. The van der Waals surface area contributed by atoms with Gasteiger partial charge in [0.2, 0.25) is 0 Å². The molecule has 0 aliphatic carbocycles. The van der Waals surface area contributed by atoms with E-state index in [0.717, 1.165) is 39.0 Å². The number of nitrogens with one attached hydrogen (secondary N) is 2. The average molecular weight is 368 g/mol. The fourth-order valence-corrected chi connectivity index (χ4v) is 3.10. The lowest BCUT2D eigenvalue weighted by molar-refractivity contribution is 0.306. The molecule has 0 saturated carbocycles. The average Bonchev–Trinajstić information content (AvgIpc) is 3.43. The second-order valence-corrected chi connectivity index (χ2v) is 6.33. The van der Waals surface area contributed by atoms with Gasteiger partial charge in [-0.1, -0.05) is 18.2 Å². The van der Waals surface area contributed by atoms with Gasteiger partial charge in [-0.2, -0.15) is 10.2 Å². The first-order valence-corrected chi connectivity index (χ1v) is 8.83. The van der Waals surface area contributed by atoms with Crippen LogP contribution in [0.4, 0.5) is 0 Å². The van der Waals surface area contributed by atoms with E-state index in [9.17, 15) is 0 Å². The molecule has 2 N–H and O–H groups in total. The maximum atomic E-state index is 5.92. The summed E-state index contributed by atoms with van der Waals surface area (Å²) in [4.78, 5) is 8.34.